The number of likely N-dealkylation sites (tertiary alicyclic amines) is 1. The quantitative estimate of drug-likeness (QED) is 0.324. The Balaban J connectivity index is 1.72. The summed E-state index contributed by atoms with van der Waals surface area (Å²) in [6.07, 6.45) is 5.35. The molecule has 1 aliphatic heterocycles. The van der Waals surface area contributed by atoms with E-state index in [1.165, 1.54) is 23.0 Å². The highest BCUT2D eigenvalue weighted by Crippen LogP contribution is 2.43. The molecule has 158 valence electrons. The number of rotatable bonds is 5. The molecule has 0 saturated carbocycles. The summed E-state index contributed by atoms with van der Waals surface area (Å²) in [6.45, 7) is 1.15. The molecule has 1 fully saturated rings. The summed E-state index contributed by atoms with van der Waals surface area (Å²) in [6, 6.07) is 31.6. The van der Waals surface area contributed by atoms with Gasteiger partial charge in [-0.1, -0.05) is 91.0 Å². The summed E-state index contributed by atoms with van der Waals surface area (Å²) in [4.78, 5) is 19.4. The van der Waals surface area contributed by atoms with E-state index in [0.717, 1.165) is 0 Å². The summed E-state index contributed by atoms with van der Waals surface area (Å²) < 4.78 is 5.40. The zero-order valence-corrected chi connectivity index (χ0v) is 17.7. The Kier molecular flexibility index (Phi) is 5.53. The van der Waals surface area contributed by atoms with Gasteiger partial charge in [0.25, 0.3) is 0 Å². The first kappa shape index (κ1) is 20.2. The SMILES string of the molecule is O=C1CCN(C(c2ccccc2)(c2ccccc2)c2ccccc2)CC1=Cc1ncco1. The van der Waals surface area contributed by atoms with Crippen LogP contribution in [0, 0.1) is 0 Å². The van der Waals surface area contributed by atoms with E-state index >= 15 is 0 Å². The highest BCUT2D eigenvalue weighted by Gasteiger charge is 2.44. The first-order valence-electron chi connectivity index (χ1n) is 10.8. The van der Waals surface area contributed by atoms with Gasteiger partial charge < -0.3 is 4.42 Å². The summed E-state index contributed by atoms with van der Waals surface area (Å²) in [7, 11) is 0. The molecule has 1 aliphatic rings. The molecule has 0 aliphatic carbocycles. The number of carbonyl (C=O) groups excluding carboxylic acids is 1. The van der Waals surface area contributed by atoms with Gasteiger partial charge in [-0.25, -0.2) is 4.98 Å². The van der Waals surface area contributed by atoms with E-state index in [2.05, 4.69) is 82.7 Å². The molecule has 5 rings (SSSR count). The minimum absolute atomic E-state index is 0.141. The Morgan fingerprint density at radius 1 is 0.812 bits per heavy atom. The van der Waals surface area contributed by atoms with Gasteiger partial charge in [0.1, 0.15) is 6.26 Å². The van der Waals surface area contributed by atoms with Crippen molar-refractivity contribution in [2.45, 2.75) is 12.0 Å². The van der Waals surface area contributed by atoms with E-state index in [1.54, 1.807) is 12.3 Å². The maximum atomic E-state index is 12.8. The lowest BCUT2D eigenvalue weighted by Gasteiger charge is -2.47. The van der Waals surface area contributed by atoms with Crippen LogP contribution in [0.15, 0.2) is 113 Å². The van der Waals surface area contributed by atoms with Crippen LogP contribution in [0.2, 0.25) is 0 Å². The van der Waals surface area contributed by atoms with E-state index in [4.69, 9.17) is 4.42 Å². The van der Waals surface area contributed by atoms with Crippen molar-refractivity contribution in [3.8, 4) is 0 Å². The fraction of sp³-hybridized carbons (Fsp3) is 0.143. The van der Waals surface area contributed by atoms with Crippen molar-refractivity contribution in [3.63, 3.8) is 0 Å². The summed E-state index contributed by atoms with van der Waals surface area (Å²) in [5.41, 5.74) is 3.68. The van der Waals surface area contributed by atoms with E-state index < -0.39 is 5.54 Å². The second-order valence-corrected chi connectivity index (χ2v) is 7.94. The second-order valence-electron chi connectivity index (χ2n) is 7.94. The molecule has 0 atom stereocenters. The maximum Gasteiger partial charge on any atom is 0.218 e. The van der Waals surface area contributed by atoms with Gasteiger partial charge in [-0.3, -0.25) is 9.69 Å². The lowest BCUT2D eigenvalue weighted by Crippen LogP contribution is -2.52. The van der Waals surface area contributed by atoms with Gasteiger partial charge in [0, 0.05) is 31.2 Å². The fourth-order valence-electron chi connectivity index (χ4n) is 4.72. The molecule has 3 aromatic carbocycles. The smallest absolute Gasteiger partial charge is 0.218 e. The first-order chi connectivity index (χ1) is 15.8. The van der Waals surface area contributed by atoms with E-state index in [0.29, 0.717) is 31.0 Å². The van der Waals surface area contributed by atoms with Crippen LogP contribution in [0.3, 0.4) is 0 Å². The molecule has 0 spiro atoms. The third kappa shape index (κ3) is 3.59. The predicted molar refractivity (Wildman–Crippen MR) is 125 cm³/mol. The Bertz CT molecular complexity index is 1100. The van der Waals surface area contributed by atoms with Crippen molar-refractivity contribution in [2.75, 3.05) is 13.1 Å². The highest BCUT2D eigenvalue weighted by atomic mass is 16.3. The van der Waals surface area contributed by atoms with E-state index in [-0.39, 0.29) is 5.78 Å². The van der Waals surface area contributed by atoms with Crippen LogP contribution in [-0.2, 0) is 10.3 Å². The average Bonchev–Trinajstić information content (AvgIpc) is 3.37. The topological polar surface area (TPSA) is 46.3 Å². The molecule has 32 heavy (non-hydrogen) atoms. The number of Topliss-reactive ketones (excluding diaryl/α,β-unsaturated/α-hetero) is 1. The predicted octanol–water partition coefficient (Wildman–Crippen LogP) is 5.32. The molecule has 4 heteroatoms. The highest BCUT2D eigenvalue weighted by molar-refractivity contribution is 6.00. The number of nitrogens with zero attached hydrogens (tertiary/aromatic N) is 2. The standard InChI is InChI=1S/C28H24N2O2/c31-26-16-18-30(21-22(26)20-27-29-17-19-32-27)28(23-10-4-1-5-11-23,24-12-6-2-7-13-24)25-14-8-3-9-15-25/h1-15,17,19-20H,16,18,21H2. The van der Waals surface area contributed by atoms with Gasteiger partial charge in [-0.15, -0.1) is 0 Å². The van der Waals surface area contributed by atoms with Crippen LogP contribution in [-0.4, -0.2) is 28.8 Å². The minimum Gasteiger partial charge on any atom is -0.445 e. The number of hydrogen-bond acceptors (Lipinski definition) is 4. The third-order valence-electron chi connectivity index (χ3n) is 6.13. The van der Waals surface area contributed by atoms with Crippen LogP contribution in [0.4, 0.5) is 0 Å². The molecule has 2 heterocycles. The first-order valence-corrected chi connectivity index (χ1v) is 10.8. The van der Waals surface area contributed by atoms with Crippen LogP contribution in [0.5, 0.6) is 0 Å². The number of oxazole rings is 1. The van der Waals surface area contributed by atoms with Crippen LogP contribution in [0.1, 0.15) is 29.0 Å². The lowest BCUT2D eigenvalue weighted by molar-refractivity contribution is -0.117. The molecule has 0 radical (unpaired) electrons. The number of carbonyl (C=O) groups is 1. The fourth-order valence-corrected chi connectivity index (χ4v) is 4.72. The maximum absolute atomic E-state index is 12.8. The van der Waals surface area contributed by atoms with Gasteiger partial charge in [0.05, 0.1) is 11.7 Å². The van der Waals surface area contributed by atoms with Crippen LogP contribution < -0.4 is 0 Å². The molecular formula is C28H24N2O2. The van der Waals surface area contributed by atoms with Gasteiger partial charge in [-0.2, -0.15) is 0 Å². The minimum atomic E-state index is -0.542. The third-order valence-corrected chi connectivity index (χ3v) is 6.13. The molecule has 0 bridgehead atoms. The summed E-state index contributed by atoms with van der Waals surface area (Å²) in [5.74, 6) is 0.600. The van der Waals surface area contributed by atoms with Gasteiger partial charge in [-0.05, 0) is 16.7 Å². The summed E-state index contributed by atoms with van der Waals surface area (Å²) in [5, 5.41) is 0. The van der Waals surface area contributed by atoms with Gasteiger partial charge in [0.2, 0.25) is 5.89 Å². The molecule has 0 N–H and O–H groups in total. The monoisotopic (exact) mass is 420 g/mol. The van der Waals surface area contributed by atoms with Crippen molar-refractivity contribution >= 4 is 11.9 Å². The average molecular weight is 421 g/mol. The van der Waals surface area contributed by atoms with Crippen LogP contribution in [0.25, 0.3) is 6.08 Å². The Morgan fingerprint density at radius 3 is 1.81 bits per heavy atom. The normalized spacial score (nSPS) is 16.4. The Labute approximate surface area is 187 Å². The van der Waals surface area contributed by atoms with E-state index in [1.807, 2.05) is 18.2 Å². The van der Waals surface area contributed by atoms with Crippen LogP contribution >= 0.6 is 0 Å². The Hall–Kier alpha value is -3.76. The largest absolute Gasteiger partial charge is 0.445 e. The van der Waals surface area contributed by atoms with Gasteiger partial charge in [0.15, 0.2) is 5.78 Å². The molecule has 1 saturated heterocycles. The van der Waals surface area contributed by atoms with Crippen molar-refractivity contribution in [3.05, 3.63) is 132 Å². The van der Waals surface area contributed by atoms with Crippen molar-refractivity contribution in [1.29, 1.82) is 0 Å². The lowest BCUT2D eigenvalue weighted by atomic mass is 9.74. The number of benzene rings is 3. The molecular weight excluding hydrogens is 396 g/mol. The summed E-state index contributed by atoms with van der Waals surface area (Å²) >= 11 is 0. The molecule has 0 amide bonds. The molecule has 4 aromatic rings. The molecule has 1 aromatic heterocycles. The number of piperidine rings is 1. The van der Waals surface area contributed by atoms with E-state index in [9.17, 15) is 4.79 Å². The zero-order valence-electron chi connectivity index (χ0n) is 17.7. The number of aromatic nitrogens is 1. The molecule has 4 nitrogen and oxygen atoms in total. The number of ketones is 1. The molecule has 0 unspecified atom stereocenters. The zero-order chi connectivity index (χ0) is 21.8. The second kappa shape index (κ2) is 8.77. The van der Waals surface area contributed by atoms with Gasteiger partial charge >= 0.3 is 0 Å². The Morgan fingerprint density at radius 2 is 1.34 bits per heavy atom. The van der Waals surface area contributed by atoms with Crippen molar-refractivity contribution < 1.29 is 9.21 Å². The van der Waals surface area contributed by atoms with Crippen molar-refractivity contribution in [1.82, 2.24) is 9.88 Å². The number of hydrogen-bond donors (Lipinski definition) is 0. The van der Waals surface area contributed by atoms with Crippen molar-refractivity contribution in [2.24, 2.45) is 0 Å².